The number of carbonyl (C=O) groups is 1. The van der Waals surface area contributed by atoms with Crippen LogP contribution in [0.1, 0.15) is 25.3 Å². The van der Waals surface area contributed by atoms with E-state index in [1.807, 2.05) is 13.0 Å². The lowest BCUT2D eigenvalue weighted by atomic mass is 10.1. The summed E-state index contributed by atoms with van der Waals surface area (Å²) in [7, 11) is -3.52. The van der Waals surface area contributed by atoms with E-state index in [1.165, 1.54) is 4.31 Å². The number of sulfonamides is 1. The van der Waals surface area contributed by atoms with Gasteiger partial charge in [0.2, 0.25) is 10.0 Å². The van der Waals surface area contributed by atoms with Crippen LogP contribution in [0, 0.1) is 6.92 Å². The van der Waals surface area contributed by atoms with Crippen LogP contribution in [0.15, 0.2) is 29.2 Å². The van der Waals surface area contributed by atoms with Gasteiger partial charge in [-0.15, -0.1) is 0 Å². The van der Waals surface area contributed by atoms with Gasteiger partial charge >= 0.3 is 6.09 Å². The Balaban J connectivity index is 2.09. The molecule has 1 aromatic rings. The molecule has 0 unspecified atom stereocenters. The second-order valence-corrected chi connectivity index (χ2v) is 7.32. The van der Waals surface area contributed by atoms with Crippen molar-refractivity contribution in [2.45, 2.75) is 37.6 Å². The highest BCUT2D eigenvalue weighted by atomic mass is 32.2. The summed E-state index contributed by atoms with van der Waals surface area (Å²) in [5, 5.41) is 2.72. The predicted molar refractivity (Wildman–Crippen MR) is 83.1 cm³/mol. The van der Waals surface area contributed by atoms with Gasteiger partial charge in [-0.05, 0) is 44.4 Å². The molecule has 122 valence electrons. The summed E-state index contributed by atoms with van der Waals surface area (Å²) in [6.45, 7) is 4.63. The fraction of sp³-hybridized carbons (Fsp3) is 0.533. The first-order valence-corrected chi connectivity index (χ1v) is 8.87. The Morgan fingerprint density at radius 2 is 2.23 bits per heavy atom. The van der Waals surface area contributed by atoms with E-state index in [2.05, 4.69) is 5.32 Å². The van der Waals surface area contributed by atoms with Gasteiger partial charge in [0, 0.05) is 19.1 Å². The van der Waals surface area contributed by atoms with Crippen molar-refractivity contribution in [3.8, 4) is 0 Å². The summed E-state index contributed by atoms with van der Waals surface area (Å²) in [5.74, 6) is 0. The number of carbonyl (C=O) groups excluding carboxylic acids is 1. The summed E-state index contributed by atoms with van der Waals surface area (Å²) >= 11 is 0. The van der Waals surface area contributed by atoms with Gasteiger partial charge in [0.1, 0.15) is 0 Å². The number of hydrogen-bond donors (Lipinski definition) is 1. The van der Waals surface area contributed by atoms with E-state index in [0.717, 1.165) is 12.0 Å². The Morgan fingerprint density at radius 3 is 2.91 bits per heavy atom. The van der Waals surface area contributed by atoms with Crippen molar-refractivity contribution in [1.82, 2.24) is 9.62 Å². The SMILES string of the molecule is CCOC(=O)N[C@H]1CCCN(S(=O)(=O)c2cccc(C)c2)C1. The topological polar surface area (TPSA) is 75.7 Å². The van der Waals surface area contributed by atoms with Gasteiger partial charge < -0.3 is 10.1 Å². The fourth-order valence-electron chi connectivity index (χ4n) is 2.54. The first kappa shape index (κ1) is 16.8. The number of alkyl carbamates (subject to hydrolysis) is 1. The molecule has 0 radical (unpaired) electrons. The van der Waals surface area contributed by atoms with E-state index in [1.54, 1.807) is 25.1 Å². The Labute approximate surface area is 131 Å². The zero-order valence-corrected chi connectivity index (χ0v) is 13.7. The molecule has 1 aliphatic rings. The highest BCUT2D eigenvalue weighted by Gasteiger charge is 2.31. The summed E-state index contributed by atoms with van der Waals surface area (Å²) in [6, 6.07) is 6.65. The van der Waals surface area contributed by atoms with Gasteiger partial charge in [-0.2, -0.15) is 4.31 Å². The molecule has 2 rings (SSSR count). The molecule has 1 N–H and O–H groups in total. The molecule has 0 aromatic heterocycles. The van der Waals surface area contributed by atoms with Gasteiger partial charge in [0.15, 0.2) is 0 Å². The van der Waals surface area contributed by atoms with Crippen LogP contribution in [0.5, 0.6) is 0 Å². The van der Waals surface area contributed by atoms with Crippen molar-refractivity contribution in [3.05, 3.63) is 29.8 Å². The number of amides is 1. The Hall–Kier alpha value is -1.60. The molecular weight excluding hydrogens is 304 g/mol. The van der Waals surface area contributed by atoms with E-state index in [4.69, 9.17) is 4.74 Å². The first-order valence-electron chi connectivity index (χ1n) is 7.43. The van der Waals surface area contributed by atoms with Gasteiger partial charge in [0.05, 0.1) is 11.5 Å². The van der Waals surface area contributed by atoms with Gasteiger partial charge in [0.25, 0.3) is 0 Å². The molecule has 1 atom stereocenters. The molecule has 0 spiro atoms. The van der Waals surface area contributed by atoms with Crippen molar-refractivity contribution in [2.24, 2.45) is 0 Å². The third-order valence-electron chi connectivity index (χ3n) is 3.61. The quantitative estimate of drug-likeness (QED) is 0.917. The van der Waals surface area contributed by atoms with Gasteiger partial charge in [-0.3, -0.25) is 0 Å². The Morgan fingerprint density at radius 1 is 1.45 bits per heavy atom. The lowest BCUT2D eigenvalue weighted by Crippen LogP contribution is -2.49. The first-order chi connectivity index (χ1) is 10.4. The molecule has 1 fully saturated rings. The maximum atomic E-state index is 12.7. The molecule has 0 bridgehead atoms. The third kappa shape index (κ3) is 3.98. The molecule has 1 amide bonds. The zero-order valence-electron chi connectivity index (χ0n) is 12.9. The molecule has 1 saturated heterocycles. The smallest absolute Gasteiger partial charge is 0.407 e. The van der Waals surface area contributed by atoms with Crippen molar-refractivity contribution in [1.29, 1.82) is 0 Å². The van der Waals surface area contributed by atoms with E-state index < -0.39 is 16.1 Å². The Kier molecular flexibility index (Phi) is 5.42. The van der Waals surface area contributed by atoms with E-state index in [-0.39, 0.29) is 12.6 Å². The van der Waals surface area contributed by atoms with Crippen molar-refractivity contribution < 1.29 is 17.9 Å². The number of hydrogen-bond acceptors (Lipinski definition) is 4. The van der Waals surface area contributed by atoms with Crippen LogP contribution in [-0.4, -0.2) is 44.6 Å². The highest BCUT2D eigenvalue weighted by Crippen LogP contribution is 2.21. The number of nitrogens with one attached hydrogen (secondary N) is 1. The van der Waals surface area contributed by atoms with E-state index in [9.17, 15) is 13.2 Å². The molecule has 1 heterocycles. The number of piperidine rings is 1. The minimum Gasteiger partial charge on any atom is -0.450 e. The fourth-order valence-corrected chi connectivity index (χ4v) is 4.17. The van der Waals surface area contributed by atoms with Crippen LogP contribution in [0.4, 0.5) is 4.79 Å². The average Bonchev–Trinajstić information content (AvgIpc) is 2.47. The Bertz CT molecular complexity index is 630. The predicted octanol–water partition coefficient (Wildman–Crippen LogP) is 1.89. The number of aryl methyl sites for hydroxylation is 1. The van der Waals surface area contributed by atoms with Crippen molar-refractivity contribution >= 4 is 16.1 Å². The van der Waals surface area contributed by atoms with Crippen LogP contribution < -0.4 is 5.32 Å². The van der Waals surface area contributed by atoms with Crippen LogP contribution in [0.2, 0.25) is 0 Å². The maximum absolute atomic E-state index is 12.7. The number of nitrogens with zero attached hydrogens (tertiary/aromatic N) is 1. The standard InChI is InChI=1S/C15H22N2O4S/c1-3-21-15(18)16-13-7-5-9-17(11-13)22(19,20)14-8-4-6-12(2)10-14/h4,6,8,10,13H,3,5,7,9,11H2,1-2H3,(H,16,18)/t13-/m0/s1. The summed E-state index contributed by atoms with van der Waals surface area (Å²) in [4.78, 5) is 11.8. The minimum absolute atomic E-state index is 0.215. The number of benzene rings is 1. The molecule has 6 nitrogen and oxygen atoms in total. The largest absolute Gasteiger partial charge is 0.450 e. The normalized spacial score (nSPS) is 19.6. The number of ether oxygens (including phenoxy) is 1. The van der Waals surface area contributed by atoms with Crippen LogP contribution in [0.25, 0.3) is 0 Å². The van der Waals surface area contributed by atoms with Gasteiger partial charge in [-0.1, -0.05) is 12.1 Å². The van der Waals surface area contributed by atoms with E-state index >= 15 is 0 Å². The van der Waals surface area contributed by atoms with Crippen LogP contribution >= 0.6 is 0 Å². The zero-order chi connectivity index (χ0) is 16.2. The second kappa shape index (κ2) is 7.11. The lowest BCUT2D eigenvalue weighted by molar-refractivity contribution is 0.142. The molecule has 0 aliphatic carbocycles. The monoisotopic (exact) mass is 326 g/mol. The maximum Gasteiger partial charge on any atom is 0.407 e. The average molecular weight is 326 g/mol. The van der Waals surface area contributed by atoms with Gasteiger partial charge in [-0.25, -0.2) is 13.2 Å². The van der Waals surface area contributed by atoms with Crippen molar-refractivity contribution in [2.75, 3.05) is 19.7 Å². The molecule has 7 heteroatoms. The van der Waals surface area contributed by atoms with E-state index in [0.29, 0.717) is 24.5 Å². The number of rotatable bonds is 4. The molecule has 0 saturated carbocycles. The van der Waals surface area contributed by atoms with Crippen LogP contribution in [-0.2, 0) is 14.8 Å². The molecule has 1 aromatic carbocycles. The third-order valence-corrected chi connectivity index (χ3v) is 5.47. The van der Waals surface area contributed by atoms with Crippen molar-refractivity contribution in [3.63, 3.8) is 0 Å². The summed E-state index contributed by atoms with van der Waals surface area (Å²) in [6.07, 6.45) is 0.961. The lowest BCUT2D eigenvalue weighted by Gasteiger charge is -2.32. The molecule has 1 aliphatic heterocycles. The summed E-state index contributed by atoms with van der Waals surface area (Å²) < 4.78 is 31.6. The molecule has 22 heavy (non-hydrogen) atoms. The molecular formula is C15H22N2O4S. The second-order valence-electron chi connectivity index (χ2n) is 5.38. The highest BCUT2D eigenvalue weighted by molar-refractivity contribution is 7.89. The minimum atomic E-state index is -3.52. The summed E-state index contributed by atoms with van der Waals surface area (Å²) in [5.41, 5.74) is 0.902. The van der Waals surface area contributed by atoms with Crippen LogP contribution in [0.3, 0.4) is 0 Å².